The third-order valence-corrected chi connectivity index (χ3v) is 2.82. The summed E-state index contributed by atoms with van der Waals surface area (Å²) in [6, 6.07) is 3.59. The van der Waals surface area contributed by atoms with Crippen LogP contribution in [-0.4, -0.2) is 39.9 Å². The predicted molar refractivity (Wildman–Crippen MR) is 71.9 cm³/mol. The Morgan fingerprint density at radius 3 is 2.55 bits per heavy atom. The van der Waals surface area contributed by atoms with Gasteiger partial charge >= 0.3 is 5.97 Å². The summed E-state index contributed by atoms with van der Waals surface area (Å²) >= 11 is 5.74. The minimum atomic E-state index is -1.02. The van der Waals surface area contributed by atoms with Crippen molar-refractivity contribution in [2.24, 2.45) is 0 Å². The number of rotatable bonds is 6. The maximum absolute atomic E-state index is 12.2. The zero-order valence-corrected chi connectivity index (χ0v) is 11.5. The number of benzene rings is 1. The summed E-state index contributed by atoms with van der Waals surface area (Å²) in [4.78, 5) is 34.1. The summed E-state index contributed by atoms with van der Waals surface area (Å²) in [5.41, 5.74) is -0.216. The maximum Gasteiger partial charge on any atom is 0.305 e. The summed E-state index contributed by atoms with van der Waals surface area (Å²) in [6.45, 7) is 2.02. The van der Waals surface area contributed by atoms with E-state index < -0.39 is 16.8 Å². The van der Waals surface area contributed by atoms with Gasteiger partial charge in [-0.1, -0.05) is 11.6 Å². The number of nitrogens with zero attached hydrogens (tertiary/aromatic N) is 2. The van der Waals surface area contributed by atoms with Crippen LogP contribution in [-0.2, 0) is 4.79 Å². The summed E-state index contributed by atoms with van der Waals surface area (Å²) in [6.07, 6.45) is -0.192. The molecular formula is C12H13ClN2O5. The molecule has 0 aliphatic carbocycles. The van der Waals surface area contributed by atoms with E-state index in [0.29, 0.717) is 6.54 Å². The van der Waals surface area contributed by atoms with Gasteiger partial charge in [0, 0.05) is 35.8 Å². The van der Waals surface area contributed by atoms with Crippen LogP contribution in [0.5, 0.6) is 0 Å². The largest absolute Gasteiger partial charge is 0.481 e. The number of nitro benzene ring substituents is 1. The average molecular weight is 301 g/mol. The molecule has 0 saturated heterocycles. The molecule has 0 radical (unpaired) electrons. The molecule has 0 bridgehead atoms. The summed E-state index contributed by atoms with van der Waals surface area (Å²) in [5, 5.41) is 19.4. The van der Waals surface area contributed by atoms with Crippen molar-refractivity contribution in [2.75, 3.05) is 13.1 Å². The molecule has 8 heteroatoms. The molecule has 1 aromatic carbocycles. The van der Waals surface area contributed by atoms with E-state index in [4.69, 9.17) is 16.7 Å². The normalized spacial score (nSPS) is 10.1. The number of carbonyl (C=O) groups excluding carboxylic acids is 1. The third kappa shape index (κ3) is 4.20. The second-order valence-corrected chi connectivity index (χ2v) is 4.42. The first kappa shape index (κ1) is 15.9. The lowest BCUT2D eigenvalue weighted by molar-refractivity contribution is -0.384. The van der Waals surface area contributed by atoms with Gasteiger partial charge in [-0.25, -0.2) is 0 Å². The van der Waals surface area contributed by atoms with Gasteiger partial charge in [0.1, 0.15) is 0 Å². The molecule has 108 valence electrons. The van der Waals surface area contributed by atoms with Crippen LogP contribution in [0, 0.1) is 10.1 Å². The highest BCUT2D eigenvalue weighted by molar-refractivity contribution is 6.31. The number of carboxylic acid groups (broad SMARTS) is 1. The molecule has 7 nitrogen and oxygen atoms in total. The monoisotopic (exact) mass is 300 g/mol. The predicted octanol–water partition coefficient (Wildman–Crippen LogP) is 2.18. The van der Waals surface area contributed by atoms with Gasteiger partial charge in [0.25, 0.3) is 11.6 Å². The fourth-order valence-electron chi connectivity index (χ4n) is 1.62. The molecule has 0 unspecified atom stereocenters. The second kappa shape index (κ2) is 6.85. The van der Waals surface area contributed by atoms with Gasteiger partial charge in [-0.05, 0) is 13.0 Å². The number of hydrogen-bond acceptors (Lipinski definition) is 4. The molecule has 0 heterocycles. The van der Waals surface area contributed by atoms with Crippen LogP contribution in [0.15, 0.2) is 18.2 Å². The van der Waals surface area contributed by atoms with E-state index in [9.17, 15) is 19.7 Å². The Kier molecular flexibility index (Phi) is 5.45. The van der Waals surface area contributed by atoms with E-state index in [0.717, 1.165) is 12.1 Å². The summed E-state index contributed by atoms with van der Waals surface area (Å²) in [7, 11) is 0. The number of hydrogen-bond donors (Lipinski definition) is 1. The van der Waals surface area contributed by atoms with Crippen molar-refractivity contribution in [3.05, 3.63) is 38.9 Å². The molecule has 1 rings (SSSR count). The van der Waals surface area contributed by atoms with Crippen LogP contribution in [0.4, 0.5) is 5.69 Å². The zero-order valence-electron chi connectivity index (χ0n) is 10.7. The number of non-ortho nitro benzene ring substituents is 1. The number of amides is 1. The summed E-state index contributed by atoms with van der Waals surface area (Å²) in [5.74, 6) is -1.51. The summed E-state index contributed by atoms with van der Waals surface area (Å²) < 4.78 is 0. The number of nitro groups is 1. The molecule has 0 saturated carbocycles. The molecule has 1 amide bonds. The fourth-order valence-corrected chi connectivity index (χ4v) is 1.85. The van der Waals surface area contributed by atoms with E-state index in [1.807, 2.05) is 0 Å². The Balaban J connectivity index is 3.00. The Hall–Kier alpha value is -2.15. The van der Waals surface area contributed by atoms with Crippen LogP contribution in [0.1, 0.15) is 23.7 Å². The Morgan fingerprint density at radius 1 is 1.40 bits per heavy atom. The highest BCUT2D eigenvalue weighted by Gasteiger charge is 2.19. The highest BCUT2D eigenvalue weighted by atomic mass is 35.5. The molecule has 0 aromatic heterocycles. The molecule has 0 spiro atoms. The lowest BCUT2D eigenvalue weighted by atomic mass is 10.1. The van der Waals surface area contributed by atoms with Crippen molar-refractivity contribution in [3.63, 3.8) is 0 Å². The van der Waals surface area contributed by atoms with Gasteiger partial charge in [0.05, 0.1) is 11.3 Å². The quantitative estimate of drug-likeness (QED) is 0.641. The Morgan fingerprint density at radius 2 is 2.05 bits per heavy atom. The first-order valence-electron chi connectivity index (χ1n) is 5.81. The molecule has 0 fully saturated rings. The van der Waals surface area contributed by atoms with Gasteiger partial charge in [-0.3, -0.25) is 19.7 Å². The molecule has 0 aliphatic heterocycles. The van der Waals surface area contributed by atoms with E-state index in [2.05, 4.69) is 0 Å². The molecule has 20 heavy (non-hydrogen) atoms. The number of carbonyl (C=O) groups is 2. The van der Waals surface area contributed by atoms with E-state index in [1.54, 1.807) is 6.92 Å². The SMILES string of the molecule is CCN(CCC(=O)O)C(=O)c1cc(Cl)cc([N+](=O)[O-])c1. The Labute approximate surface area is 119 Å². The van der Waals surface area contributed by atoms with Gasteiger partial charge in [-0.15, -0.1) is 0 Å². The Bertz CT molecular complexity index is 547. The van der Waals surface area contributed by atoms with E-state index in [-0.39, 0.29) is 29.2 Å². The van der Waals surface area contributed by atoms with Gasteiger partial charge in [-0.2, -0.15) is 0 Å². The minimum absolute atomic E-state index is 0.0327. The first-order valence-corrected chi connectivity index (χ1v) is 6.19. The van der Waals surface area contributed by atoms with Crippen molar-refractivity contribution in [3.8, 4) is 0 Å². The molecule has 1 aromatic rings. The van der Waals surface area contributed by atoms with Gasteiger partial charge in [0.2, 0.25) is 0 Å². The topological polar surface area (TPSA) is 101 Å². The third-order valence-electron chi connectivity index (χ3n) is 2.60. The van der Waals surface area contributed by atoms with Crippen LogP contribution in [0.2, 0.25) is 5.02 Å². The van der Waals surface area contributed by atoms with E-state index in [1.165, 1.54) is 11.0 Å². The van der Waals surface area contributed by atoms with Crippen LogP contribution >= 0.6 is 11.6 Å². The smallest absolute Gasteiger partial charge is 0.305 e. The van der Waals surface area contributed by atoms with Crippen molar-refractivity contribution in [1.82, 2.24) is 4.90 Å². The number of carboxylic acids is 1. The number of halogens is 1. The molecule has 1 N–H and O–H groups in total. The van der Waals surface area contributed by atoms with Crippen molar-refractivity contribution >= 4 is 29.2 Å². The average Bonchev–Trinajstić information content (AvgIpc) is 2.38. The van der Waals surface area contributed by atoms with Crippen molar-refractivity contribution in [2.45, 2.75) is 13.3 Å². The van der Waals surface area contributed by atoms with Crippen LogP contribution in [0.25, 0.3) is 0 Å². The lowest BCUT2D eigenvalue weighted by Crippen LogP contribution is -2.32. The number of aliphatic carboxylic acids is 1. The maximum atomic E-state index is 12.2. The van der Waals surface area contributed by atoms with Gasteiger partial charge in [0.15, 0.2) is 0 Å². The minimum Gasteiger partial charge on any atom is -0.481 e. The molecule has 0 atom stereocenters. The first-order chi connectivity index (χ1) is 9.35. The van der Waals surface area contributed by atoms with Gasteiger partial charge < -0.3 is 10.0 Å². The zero-order chi connectivity index (χ0) is 15.3. The van der Waals surface area contributed by atoms with E-state index >= 15 is 0 Å². The second-order valence-electron chi connectivity index (χ2n) is 3.98. The molecule has 0 aliphatic rings. The van der Waals surface area contributed by atoms with Crippen LogP contribution in [0.3, 0.4) is 0 Å². The fraction of sp³-hybridized carbons (Fsp3) is 0.333. The molecular weight excluding hydrogens is 288 g/mol. The van der Waals surface area contributed by atoms with Crippen molar-refractivity contribution < 1.29 is 19.6 Å². The van der Waals surface area contributed by atoms with Crippen molar-refractivity contribution in [1.29, 1.82) is 0 Å². The van der Waals surface area contributed by atoms with Crippen LogP contribution < -0.4 is 0 Å². The highest BCUT2D eigenvalue weighted by Crippen LogP contribution is 2.22. The standard InChI is InChI=1S/C12H13ClN2O5/c1-2-14(4-3-11(16)17)12(18)8-5-9(13)7-10(6-8)15(19)20/h5-7H,2-4H2,1H3,(H,16,17). The lowest BCUT2D eigenvalue weighted by Gasteiger charge is -2.20.